The molecule has 1 fully saturated rings. The summed E-state index contributed by atoms with van der Waals surface area (Å²) in [5.74, 6) is 1.04. The fraction of sp³-hybridized carbons (Fsp3) is 0.348. The molecule has 1 aromatic heterocycles. The van der Waals surface area contributed by atoms with E-state index in [1.807, 2.05) is 35.2 Å². The van der Waals surface area contributed by atoms with Gasteiger partial charge in [0.05, 0.1) is 6.10 Å². The second-order valence-corrected chi connectivity index (χ2v) is 7.87. The number of furan rings is 1. The minimum absolute atomic E-state index is 0.0476. The number of likely N-dealkylation sites (tertiary alicyclic amines) is 1. The number of ether oxygens (including phenoxy) is 1. The zero-order chi connectivity index (χ0) is 20.9. The second-order valence-electron chi connectivity index (χ2n) is 7.43. The Labute approximate surface area is 180 Å². The number of nitrogens with zero attached hydrogens (tertiary/aromatic N) is 1. The monoisotopic (exact) mass is 428 g/mol. The number of carbonyl (C=O) groups is 1. The molecule has 2 N–H and O–H groups in total. The third-order valence-electron chi connectivity index (χ3n) is 5.21. The number of amides is 1. The summed E-state index contributed by atoms with van der Waals surface area (Å²) in [7, 11) is 0. The second kappa shape index (κ2) is 9.51. The Morgan fingerprint density at radius 1 is 1.20 bits per heavy atom. The van der Waals surface area contributed by atoms with Gasteiger partial charge in [0.1, 0.15) is 17.9 Å². The van der Waals surface area contributed by atoms with Gasteiger partial charge in [0.2, 0.25) is 0 Å². The van der Waals surface area contributed by atoms with E-state index in [1.54, 1.807) is 18.2 Å². The molecule has 4 rings (SSSR count). The molecule has 3 aromatic rings. The highest BCUT2D eigenvalue weighted by molar-refractivity contribution is 6.30. The van der Waals surface area contributed by atoms with E-state index in [4.69, 9.17) is 20.8 Å². The number of nitrogens with one attached hydrogen (secondary N) is 1. The summed E-state index contributed by atoms with van der Waals surface area (Å²) in [6.07, 6.45) is 1.47. The standard InChI is InChI=1S/C23H25ClN2O4/c24-18-5-3-4-16(12-18)20(27)15-25-8-11-29-19-6-7-21-17(13-19)14-22(30-21)23(28)26-9-1-2-10-26/h3-7,12-14,20,25,27H,1-2,8-11,15H2/t20-/m0/s1. The van der Waals surface area contributed by atoms with Gasteiger partial charge in [-0.05, 0) is 54.8 Å². The van der Waals surface area contributed by atoms with Crippen molar-refractivity contribution in [1.82, 2.24) is 10.2 Å². The van der Waals surface area contributed by atoms with Crippen LogP contribution in [0.1, 0.15) is 35.1 Å². The summed E-state index contributed by atoms with van der Waals surface area (Å²) in [5, 5.41) is 14.8. The Balaban J connectivity index is 1.26. The normalized spacial score (nSPS) is 14.9. The predicted molar refractivity (Wildman–Crippen MR) is 116 cm³/mol. The summed E-state index contributed by atoms with van der Waals surface area (Å²) >= 11 is 5.95. The Kier molecular flexibility index (Phi) is 6.57. The average Bonchev–Trinajstić information content (AvgIpc) is 3.42. The van der Waals surface area contributed by atoms with Gasteiger partial charge in [-0.15, -0.1) is 0 Å². The maximum absolute atomic E-state index is 12.5. The molecule has 0 spiro atoms. The maximum Gasteiger partial charge on any atom is 0.289 e. The smallest absolute Gasteiger partial charge is 0.289 e. The number of halogens is 1. The van der Waals surface area contributed by atoms with Crippen molar-refractivity contribution in [3.05, 3.63) is 64.9 Å². The van der Waals surface area contributed by atoms with Crippen LogP contribution < -0.4 is 10.1 Å². The van der Waals surface area contributed by atoms with Crippen molar-refractivity contribution in [1.29, 1.82) is 0 Å². The highest BCUT2D eigenvalue weighted by Crippen LogP contribution is 2.26. The van der Waals surface area contributed by atoms with E-state index in [1.165, 1.54) is 0 Å². The van der Waals surface area contributed by atoms with Crippen molar-refractivity contribution in [2.45, 2.75) is 18.9 Å². The molecule has 1 saturated heterocycles. The average molecular weight is 429 g/mol. The molecule has 0 saturated carbocycles. The minimum atomic E-state index is -0.627. The van der Waals surface area contributed by atoms with Crippen molar-refractivity contribution in [2.24, 2.45) is 0 Å². The lowest BCUT2D eigenvalue weighted by Crippen LogP contribution is -2.27. The number of fused-ring (bicyclic) bond motifs is 1. The molecule has 2 heterocycles. The van der Waals surface area contributed by atoms with Gasteiger partial charge in [-0.25, -0.2) is 0 Å². The highest BCUT2D eigenvalue weighted by Gasteiger charge is 2.22. The van der Waals surface area contributed by atoms with Gasteiger partial charge in [0.15, 0.2) is 5.76 Å². The molecular weight excluding hydrogens is 404 g/mol. The first-order chi connectivity index (χ1) is 14.6. The Bertz CT molecular complexity index is 1010. The first-order valence-corrected chi connectivity index (χ1v) is 10.6. The van der Waals surface area contributed by atoms with E-state index in [0.717, 1.165) is 36.9 Å². The molecule has 1 aliphatic rings. The van der Waals surface area contributed by atoms with Crippen LogP contribution in [0, 0.1) is 0 Å². The van der Waals surface area contributed by atoms with Gasteiger partial charge in [-0.2, -0.15) is 0 Å². The van der Waals surface area contributed by atoms with Gasteiger partial charge in [0.25, 0.3) is 5.91 Å². The van der Waals surface area contributed by atoms with Crippen LogP contribution in [0.3, 0.4) is 0 Å². The third-order valence-corrected chi connectivity index (χ3v) is 5.45. The van der Waals surface area contributed by atoms with Crippen LogP contribution in [0.2, 0.25) is 5.02 Å². The Morgan fingerprint density at radius 2 is 2.03 bits per heavy atom. The third kappa shape index (κ3) is 4.95. The van der Waals surface area contributed by atoms with Crippen molar-refractivity contribution in [2.75, 3.05) is 32.8 Å². The van der Waals surface area contributed by atoms with Crippen LogP contribution in [-0.2, 0) is 0 Å². The van der Waals surface area contributed by atoms with Gasteiger partial charge < -0.3 is 24.5 Å². The van der Waals surface area contributed by atoms with Crippen molar-refractivity contribution >= 4 is 28.5 Å². The molecule has 158 valence electrons. The number of hydrogen-bond donors (Lipinski definition) is 2. The van der Waals surface area contributed by atoms with E-state index in [2.05, 4.69) is 5.32 Å². The SMILES string of the molecule is O=C(c1cc2cc(OCCNC[C@H](O)c3cccc(Cl)c3)ccc2o1)N1CCCC1. The zero-order valence-electron chi connectivity index (χ0n) is 16.6. The highest BCUT2D eigenvalue weighted by atomic mass is 35.5. The van der Waals surface area contributed by atoms with Gasteiger partial charge in [-0.1, -0.05) is 23.7 Å². The topological polar surface area (TPSA) is 74.9 Å². The van der Waals surface area contributed by atoms with E-state index >= 15 is 0 Å². The number of hydrogen-bond acceptors (Lipinski definition) is 5. The minimum Gasteiger partial charge on any atom is -0.492 e. The number of aliphatic hydroxyl groups is 1. The lowest BCUT2D eigenvalue weighted by molar-refractivity contribution is 0.0763. The molecule has 0 unspecified atom stereocenters. The first-order valence-electron chi connectivity index (χ1n) is 10.2. The lowest BCUT2D eigenvalue weighted by atomic mass is 10.1. The van der Waals surface area contributed by atoms with Crippen LogP contribution in [0.4, 0.5) is 0 Å². The van der Waals surface area contributed by atoms with Crippen LogP contribution in [-0.4, -0.2) is 48.7 Å². The number of benzene rings is 2. The summed E-state index contributed by atoms with van der Waals surface area (Å²) in [6.45, 7) is 3.03. The molecular formula is C23H25ClN2O4. The van der Waals surface area contributed by atoms with Crippen LogP contribution in [0.25, 0.3) is 11.0 Å². The van der Waals surface area contributed by atoms with E-state index in [0.29, 0.717) is 41.8 Å². The summed E-state index contributed by atoms with van der Waals surface area (Å²) in [6, 6.07) is 14.5. The molecule has 7 heteroatoms. The number of rotatable bonds is 8. The largest absolute Gasteiger partial charge is 0.492 e. The fourth-order valence-electron chi connectivity index (χ4n) is 3.60. The summed E-state index contributed by atoms with van der Waals surface area (Å²) in [5.41, 5.74) is 1.45. The van der Waals surface area contributed by atoms with Crippen molar-refractivity contribution in [3.8, 4) is 5.75 Å². The lowest BCUT2D eigenvalue weighted by Gasteiger charge is -2.13. The van der Waals surface area contributed by atoms with Crippen molar-refractivity contribution < 1.29 is 19.1 Å². The fourth-order valence-corrected chi connectivity index (χ4v) is 3.80. The Morgan fingerprint density at radius 3 is 2.83 bits per heavy atom. The van der Waals surface area contributed by atoms with Gasteiger partial charge in [0, 0.05) is 36.6 Å². The summed E-state index contributed by atoms with van der Waals surface area (Å²) < 4.78 is 11.5. The molecule has 6 nitrogen and oxygen atoms in total. The molecule has 1 aliphatic heterocycles. The quantitative estimate of drug-likeness (QED) is 0.530. The summed E-state index contributed by atoms with van der Waals surface area (Å²) in [4.78, 5) is 14.3. The van der Waals surface area contributed by atoms with Crippen LogP contribution in [0.15, 0.2) is 52.9 Å². The molecule has 1 amide bonds. The predicted octanol–water partition coefficient (Wildman–Crippen LogP) is 4.02. The maximum atomic E-state index is 12.5. The molecule has 2 aromatic carbocycles. The van der Waals surface area contributed by atoms with Crippen LogP contribution >= 0.6 is 11.6 Å². The molecule has 0 aliphatic carbocycles. The van der Waals surface area contributed by atoms with E-state index in [-0.39, 0.29) is 5.91 Å². The van der Waals surface area contributed by atoms with Gasteiger partial charge >= 0.3 is 0 Å². The van der Waals surface area contributed by atoms with E-state index < -0.39 is 6.10 Å². The first kappa shape index (κ1) is 20.7. The number of aliphatic hydroxyl groups excluding tert-OH is 1. The molecule has 30 heavy (non-hydrogen) atoms. The molecule has 0 radical (unpaired) electrons. The van der Waals surface area contributed by atoms with Crippen molar-refractivity contribution in [3.63, 3.8) is 0 Å². The van der Waals surface area contributed by atoms with Gasteiger partial charge in [-0.3, -0.25) is 4.79 Å². The zero-order valence-corrected chi connectivity index (χ0v) is 17.4. The molecule has 1 atom stereocenters. The van der Waals surface area contributed by atoms with E-state index in [9.17, 15) is 9.90 Å². The number of carbonyl (C=O) groups excluding carboxylic acids is 1. The Hall–Kier alpha value is -2.54. The molecule has 0 bridgehead atoms. The van der Waals surface area contributed by atoms with Crippen LogP contribution in [0.5, 0.6) is 5.75 Å².